The van der Waals surface area contributed by atoms with E-state index in [9.17, 15) is 13.2 Å². The summed E-state index contributed by atoms with van der Waals surface area (Å²) in [6.45, 7) is 3.61. The molecule has 0 unspecified atom stereocenters. The third-order valence-electron chi connectivity index (χ3n) is 2.03. The standard InChI is InChI=1S/C11H14BrNO4S/c1-7(2)6-18(16,17)13-10-4-3-8(11(14)15)5-9(10)12/h3-5,7,13H,6H2,1-2H3,(H,14,15). The third kappa shape index (κ3) is 4.30. The molecule has 1 aromatic rings. The number of carbonyl (C=O) groups is 1. The molecule has 5 nitrogen and oxygen atoms in total. The average Bonchev–Trinajstić information content (AvgIpc) is 2.18. The van der Waals surface area contributed by atoms with Gasteiger partial charge >= 0.3 is 5.97 Å². The summed E-state index contributed by atoms with van der Waals surface area (Å²) in [4.78, 5) is 10.7. The maximum Gasteiger partial charge on any atom is 0.335 e. The summed E-state index contributed by atoms with van der Waals surface area (Å²) in [5.74, 6) is -1.04. The van der Waals surface area contributed by atoms with Gasteiger partial charge in [0.05, 0.1) is 17.0 Å². The molecule has 0 amide bonds. The Morgan fingerprint density at radius 1 is 1.44 bits per heavy atom. The number of sulfonamides is 1. The molecule has 0 aliphatic rings. The van der Waals surface area contributed by atoms with E-state index in [1.165, 1.54) is 18.2 Å². The molecule has 7 heteroatoms. The van der Waals surface area contributed by atoms with E-state index < -0.39 is 16.0 Å². The predicted molar refractivity (Wildman–Crippen MR) is 73.3 cm³/mol. The van der Waals surface area contributed by atoms with Crippen molar-refractivity contribution in [1.29, 1.82) is 0 Å². The van der Waals surface area contributed by atoms with Crippen LogP contribution in [0.4, 0.5) is 5.69 Å². The number of carboxylic acids is 1. The van der Waals surface area contributed by atoms with Gasteiger partial charge in [0.25, 0.3) is 0 Å². The van der Waals surface area contributed by atoms with Crippen molar-refractivity contribution < 1.29 is 18.3 Å². The maximum atomic E-state index is 11.7. The van der Waals surface area contributed by atoms with Crippen LogP contribution in [0.25, 0.3) is 0 Å². The zero-order valence-electron chi connectivity index (χ0n) is 9.97. The van der Waals surface area contributed by atoms with E-state index in [0.717, 1.165) is 0 Å². The van der Waals surface area contributed by atoms with Crippen LogP contribution < -0.4 is 4.72 Å². The van der Waals surface area contributed by atoms with E-state index in [1.54, 1.807) is 0 Å². The van der Waals surface area contributed by atoms with E-state index >= 15 is 0 Å². The summed E-state index contributed by atoms with van der Waals surface area (Å²) in [6.07, 6.45) is 0. The zero-order valence-corrected chi connectivity index (χ0v) is 12.4. The number of halogens is 1. The second-order valence-corrected chi connectivity index (χ2v) is 6.90. The molecule has 0 fully saturated rings. The van der Waals surface area contributed by atoms with Gasteiger partial charge in [0.15, 0.2) is 0 Å². The highest BCUT2D eigenvalue weighted by molar-refractivity contribution is 9.10. The summed E-state index contributed by atoms with van der Waals surface area (Å²) >= 11 is 3.14. The van der Waals surface area contributed by atoms with Crippen LogP contribution in [-0.4, -0.2) is 25.2 Å². The minimum atomic E-state index is -3.42. The highest BCUT2D eigenvalue weighted by atomic mass is 79.9. The number of hydrogen-bond donors (Lipinski definition) is 2. The van der Waals surface area contributed by atoms with E-state index in [2.05, 4.69) is 20.7 Å². The molecule has 0 aliphatic heterocycles. The monoisotopic (exact) mass is 335 g/mol. The van der Waals surface area contributed by atoms with Crippen molar-refractivity contribution in [2.75, 3.05) is 10.5 Å². The molecule has 0 heterocycles. The van der Waals surface area contributed by atoms with Crippen molar-refractivity contribution in [1.82, 2.24) is 0 Å². The number of anilines is 1. The molecular formula is C11H14BrNO4S. The molecule has 2 N–H and O–H groups in total. The molecule has 18 heavy (non-hydrogen) atoms. The Labute approximate surface area is 114 Å². The smallest absolute Gasteiger partial charge is 0.335 e. The number of rotatable bonds is 5. The molecule has 0 aliphatic carbocycles. The first-order valence-electron chi connectivity index (χ1n) is 5.24. The van der Waals surface area contributed by atoms with Crippen LogP contribution in [-0.2, 0) is 10.0 Å². The molecule has 0 bridgehead atoms. The van der Waals surface area contributed by atoms with E-state index in [1.807, 2.05) is 13.8 Å². The lowest BCUT2D eigenvalue weighted by atomic mass is 10.2. The SMILES string of the molecule is CC(C)CS(=O)(=O)Nc1ccc(C(=O)O)cc1Br. The molecule has 0 atom stereocenters. The highest BCUT2D eigenvalue weighted by Gasteiger charge is 2.15. The molecular weight excluding hydrogens is 322 g/mol. The quantitative estimate of drug-likeness (QED) is 0.866. The second kappa shape index (κ2) is 5.71. The fourth-order valence-corrected chi connectivity index (χ4v) is 3.46. The predicted octanol–water partition coefficient (Wildman–Crippen LogP) is 2.55. The van der Waals surface area contributed by atoms with Gasteiger partial charge in [-0.2, -0.15) is 0 Å². The Morgan fingerprint density at radius 2 is 2.06 bits per heavy atom. The van der Waals surface area contributed by atoms with Crippen molar-refractivity contribution >= 4 is 37.6 Å². The Morgan fingerprint density at radius 3 is 2.50 bits per heavy atom. The first-order chi connectivity index (χ1) is 8.21. The molecule has 0 saturated carbocycles. The summed E-state index contributed by atoms with van der Waals surface area (Å²) in [5.41, 5.74) is 0.425. The van der Waals surface area contributed by atoms with Crippen LogP contribution in [0.1, 0.15) is 24.2 Å². The Balaban J connectivity index is 2.96. The molecule has 0 radical (unpaired) electrons. The van der Waals surface area contributed by atoms with Gasteiger partial charge in [-0.15, -0.1) is 0 Å². The van der Waals surface area contributed by atoms with Crippen molar-refractivity contribution in [2.24, 2.45) is 5.92 Å². The Kier molecular flexibility index (Phi) is 4.75. The van der Waals surface area contributed by atoms with E-state index in [0.29, 0.717) is 10.2 Å². The number of hydrogen-bond acceptors (Lipinski definition) is 3. The van der Waals surface area contributed by atoms with Gasteiger partial charge in [0, 0.05) is 4.47 Å². The van der Waals surface area contributed by atoms with Crippen LogP contribution in [0.15, 0.2) is 22.7 Å². The summed E-state index contributed by atoms with van der Waals surface area (Å²) in [7, 11) is -3.42. The number of aromatic carboxylic acids is 1. The summed E-state index contributed by atoms with van der Waals surface area (Å²) in [5, 5.41) is 8.79. The lowest BCUT2D eigenvalue weighted by molar-refractivity contribution is 0.0697. The third-order valence-corrected chi connectivity index (χ3v) is 4.33. The lowest BCUT2D eigenvalue weighted by Gasteiger charge is -2.11. The van der Waals surface area contributed by atoms with Gasteiger partial charge in [-0.3, -0.25) is 4.72 Å². The van der Waals surface area contributed by atoms with Gasteiger partial charge in [-0.25, -0.2) is 13.2 Å². The van der Waals surface area contributed by atoms with Crippen molar-refractivity contribution in [2.45, 2.75) is 13.8 Å². The van der Waals surface area contributed by atoms with Crippen LogP contribution in [0.5, 0.6) is 0 Å². The second-order valence-electron chi connectivity index (χ2n) is 4.28. The largest absolute Gasteiger partial charge is 0.478 e. The zero-order chi connectivity index (χ0) is 13.9. The normalized spacial score (nSPS) is 11.6. The molecule has 1 rings (SSSR count). The van der Waals surface area contributed by atoms with E-state index in [4.69, 9.17) is 5.11 Å². The topological polar surface area (TPSA) is 83.5 Å². The Hall–Kier alpha value is -1.08. The van der Waals surface area contributed by atoms with Gasteiger partial charge in [0.1, 0.15) is 0 Å². The van der Waals surface area contributed by atoms with Crippen LogP contribution in [0.3, 0.4) is 0 Å². The van der Waals surface area contributed by atoms with Crippen molar-refractivity contribution in [3.05, 3.63) is 28.2 Å². The van der Waals surface area contributed by atoms with Crippen molar-refractivity contribution in [3.8, 4) is 0 Å². The van der Waals surface area contributed by atoms with Crippen molar-refractivity contribution in [3.63, 3.8) is 0 Å². The first-order valence-corrected chi connectivity index (χ1v) is 7.69. The lowest BCUT2D eigenvalue weighted by Crippen LogP contribution is -2.20. The molecule has 1 aromatic carbocycles. The molecule has 0 aromatic heterocycles. The number of benzene rings is 1. The minimum Gasteiger partial charge on any atom is -0.478 e. The fraction of sp³-hybridized carbons (Fsp3) is 0.364. The van der Waals surface area contributed by atoms with Crippen LogP contribution in [0.2, 0.25) is 0 Å². The minimum absolute atomic E-state index is 0.0135. The Bertz CT molecular complexity index is 554. The fourth-order valence-electron chi connectivity index (χ4n) is 1.38. The number of nitrogens with one attached hydrogen (secondary N) is 1. The molecule has 100 valence electrons. The molecule has 0 saturated heterocycles. The summed E-state index contributed by atoms with van der Waals surface area (Å²) in [6, 6.07) is 4.13. The van der Waals surface area contributed by atoms with Gasteiger partial charge < -0.3 is 5.11 Å². The highest BCUT2D eigenvalue weighted by Crippen LogP contribution is 2.25. The van der Waals surface area contributed by atoms with E-state index in [-0.39, 0.29) is 17.2 Å². The van der Waals surface area contributed by atoms with Crippen LogP contribution >= 0.6 is 15.9 Å². The average molecular weight is 336 g/mol. The van der Waals surface area contributed by atoms with Gasteiger partial charge in [-0.1, -0.05) is 13.8 Å². The summed E-state index contributed by atoms with van der Waals surface area (Å²) < 4.78 is 26.3. The first kappa shape index (κ1) is 15.0. The van der Waals surface area contributed by atoms with Gasteiger partial charge in [-0.05, 0) is 40.0 Å². The number of carboxylic acid groups (broad SMARTS) is 1. The molecule has 0 spiro atoms. The van der Waals surface area contributed by atoms with Gasteiger partial charge in [0.2, 0.25) is 10.0 Å². The van der Waals surface area contributed by atoms with Crippen LogP contribution in [0, 0.1) is 5.92 Å². The maximum absolute atomic E-state index is 11.7.